The number of rotatable bonds is 3. The van der Waals surface area contributed by atoms with Crippen molar-refractivity contribution in [2.24, 2.45) is 0 Å². The van der Waals surface area contributed by atoms with Crippen molar-refractivity contribution < 1.29 is 4.79 Å². The summed E-state index contributed by atoms with van der Waals surface area (Å²) in [5.41, 5.74) is 1.38. The highest BCUT2D eigenvalue weighted by molar-refractivity contribution is 7.99. The molecule has 1 fully saturated rings. The van der Waals surface area contributed by atoms with Gasteiger partial charge < -0.3 is 4.90 Å². The molecule has 1 aliphatic rings. The Labute approximate surface area is 134 Å². The first-order chi connectivity index (χ1) is 10.3. The Morgan fingerprint density at radius 2 is 2.00 bits per heavy atom. The van der Waals surface area contributed by atoms with Gasteiger partial charge in [0, 0.05) is 29.0 Å². The lowest BCUT2D eigenvalue weighted by Crippen LogP contribution is -2.33. The van der Waals surface area contributed by atoms with Gasteiger partial charge >= 0.3 is 0 Å². The molecule has 1 aromatic carbocycles. The van der Waals surface area contributed by atoms with Crippen molar-refractivity contribution in [3.05, 3.63) is 58.3 Å². The largest absolute Gasteiger partial charge is 0.342 e. The van der Waals surface area contributed by atoms with E-state index in [1.54, 1.807) is 11.3 Å². The lowest BCUT2D eigenvalue weighted by atomic mass is 10.1. The summed E-state index contributed by atoms with van der Waals surface area (Å²) in [6.45, 7) is 1.75. The zero-order chi connectivity index (χ0) is 14.5. The molecule has 0 bridgehead atoms. The van der Waals surface area contributed by atoms with Gasteiger partial charge in [-0.1, -0.05) is 36.4 Å². The molecule has 1 atom stereocenters. The molecule has 0 unspecified atom stereocenters. The third-order valence-electron chi connectivity index (χ3n) is 3.77. The molecular formula is C17H19NOS2. The van der Waals surface area contributed by atoms with E-state index in [2.05, 4.69) is 30.3 Å². The van der Waals surface area contributed by atoms with Crippen LogP contribution in [0.2, 0.25) is 0 Å². The summed E-state index contributed by atoms with van der Waals surface area (Å²) in [4.78, 5) is 15.6. The van der Waals surface area contributed by atoms with E-state index < -0.39 is 0 Å². The molecule has 0 spiro atoms. The molecule has 21 heavy (non-hydrogen) atoms. The van der Waals surface area contributed by atoms with Crippen LogP contribution in [0.3, 0.4) is 0 Å². The van der Waals surface area contributed by atoms with Gasteiger partial charge in [0.25, 0.3) is 0 Å². The molecule has 1 saturated heterocycles. The zero-order valence-corrected chi connectivity index (χ0v) is 13.5. The van der Waals surface area contributed by atoms with Crippen molar-refractivity contribution in [3.63, 3.8) is 0 Å². The second kappa shape index (κ2) is 7.14. The third-order valence-corrected chi connectivity index (χ3v) is 5.98. The Balaban J connectivity index is 1.59. The summed E-state index contributed by atoms with van der Waals surface area (Å²) in [7, 11) is 0. The number of carbonyl (C=O) groups is 1. The molecule has 1 aromatic heterocycles. The van der Waals surface area contributed by atoms with Crippen LogP contribution in [0.1, 0.15) is 22.1 Å². The molecule has 2 heterocycles. The monoisotopic (exact) mass is 317 g/mol. The second-order valence-electron chi connectivity index (χ2n) is 5.20. The first kappa shape index (κ1) is 14.7. The second-order valence-corrected chi connectivity index (χ2v) is 7.54. The van der Waals surface area contributed by atoms with Gasteiger partial charge in [0.05, 0.1) is 6.42 Å². The van der Waals surface area contributed by atoms with E-state index in [4.69, 9.17) is 0 Å². The van der Waals surface area contributed by atoms with Crippen LogP contribution < -0.4 is 0 Å². The fourth-order valence-corrected chi connectivity index (χ4v) is 4.56. The van der Waals surface area contributed by atoms with Gasteiger partial charge in [0.15, 0.2) is 0 Å². The van der Waals surface area contributed by atoms with Crippen LogP contribution in [-0.4, -0.2) is 29.6 Å². The predicted octanol–water partition coefficient (Wildman–Crippen LogP) is 4.00. The van der Waals surface area contributed by atoms with Crippen LogP contribution in [0.4, 0.5) is 0 Å². The highest BCUT2D eigenvalue weighted by Crippen LogP contribution is 2.34. The molecule has 0 aliphatic carbocycles. The number of thiophene rings is 1. The average Bonchev–Trinajstić information content (AvgIpc) is 2.89. The van der Waals surface area contributed by atoms with E-state index in [1.807, 2.05) is 34.2 Å². The first-order valence-corrected chi connectivity index (χ1v) is 9.22. The average molecular weight is 317 g/mol. The van der Waals surface area contributed by atoms with Crippen LogP contribution in [0.25, 0.3) is 0 Å². The van der Waals surface area contributed by atoms with E-state index in [0.29, 0.717) is 11.7 Å². The number of benzene rings is 1. The molecule has 110 valence electrons. The van der Waals surface area contributed by atoms with Gasteiger partial charge in [-0.2, -0.15) is 11.8 Å². The van der Waals surface area contributed by atoms with Crippen molar-refractivity contribution in [1.82, 2.24) is 4.90 Å². The standard InChI is InChI=1S/C17H19NOS2/c19-17(13-15-7-4-11-20-15)18-9-8-16(21-12-10-18)14-5-2-1-3-6-14/h1-7,11,16H,8-10,12-13H2/t16-/m1/s1. The van der Waals surface area contributed by atoms with Crippen molar-refractivity contribution in [3.8, 4) is 0 Å². The molecule has 3 rings (SSSR count). The highest BCUT2D eigenvalue weighted by Gasteiger charge is 2.22. The lowest BCUT2D eigenvalue weighted by molar-refractivity contribution is -0.130. The summed E-state index contributed by atoms with van der Waals surface area (Å²) in [5, 5.41) is 2.55. The third kappa shape index (κ3) is 3.89. The quantitative estimate of drug-likeness (QED) is 0.853. The Hall–Kier alpha value is -1.26. The minimum absolute atomic E-state index is 0.270. The van der Waals surface area contributed by atoms with Gasteiger partial charge in [-0.05, 0) is 23.4 Å². The van der Waals surface area contributed by atoms with Crippen molar-refractivity contribution in [2.45, 2.75) is 18.1 Å². The van der Waals surface area contributed by atoms with E-state index in [1.165, 1.54) is 5.56 Å². The zero-order valence-electron chi connectivity index (χ0n) is 11.9. The summed E-state index contributed by atoms with van der Waals surface area (Å²) in [6, 6.07) is 14.7. The van der Waals surface area contributed by atoms with E-state index in [0.717, 1.165) is 30.1 Å². The molecule has 0 radical (unpaired) electrons. The number of hydrogen-bond donors (Lipinski definition) is 0. The first-order valence-electron chi connectivity index (χ1n) is 7.29. The SMILES string of the molecule is O=C(Cc1cccs1)N1CCS[C@@H](c2ccccc2)CC1. The smallest absolute Gasteiger partial charge is 0.227 e. The van der Waals surface area contributed by atoms with Crippen molar-refractivity contribution in [1.29, 1.82) is 0 Å². The van der Waals surface area contributed by atoms with Crippen LogP contribution in [0.5, 0.6) is 0 Å². The number of thioether (sulfide) groups is 1. The maximum absolute atomic E-state index is 12.4. The number of carbonyl (C=O) groups excluding carboxylic acids is 1. The molecule has 0 saturated carbocycles. The molecule has 1 aliphatic heterocycles. The molecular weight excluding hydrogens is 298 g/mol. The molecule has 0 N–H and O–H groups in total. The fourth-order valence-electron chi connectivity index (χ4n) is 2.63. The topological polar surface area (TPSA) is 20.3 Å². The summed E-state index contributed by atoms with van der Waals surface area (Å²) >= 11 is 3.64. The molecule has 1 amide bonds. The predicted molar refractivity (Wildman–Crippen MR) is 90.9 cm³/mol. The van der Waals surface area contributed by atoms with Crippen LogP contribution >= 0.6 is 23.1 Å². The number of amides is 1. The number of nitrogens with zero attached hydrogens (tertiary/aromatic N) is 1. The summed E-state index contributed by atoms with van der Waals surface area (Å²) < 4.78 is 0. The summed E-state index contributed by atoms with van der Waals surface area (Å²) in [6.07, 6.45) is 1.60. The number of hydrogen-bond acceptors (Lipinski definition) is 3. The highest BCUT2D eigenvalue weighted by atomic mass is 32.2. The molecule has 2 aromatic rings. The van der Waals surface area contributed by atoms with E-state index in [9.17, 15) is 4.79 Å². The maximum atomic E-state index is 12.4. The Bertz CT molecular complexity index is 568. The van der Waals surface area contributed by atoms with E-state index in [-0.39, 0.29) is 5.91 Å². The van der Waals surface area contributed by atoms with Crippen molar-refractivity contribution >= 4 is 29.0 Å². The Morgan fingerprint density at radius 1 is 1.14 bits per heavy atom. The Kier molecular flexibility index (Phi) is 4.99. The van der Waals surface area contributed by atoms with Gasteiger partial charge in [0.1, 0.15) is 0 Å². The minimum Gasteiger partial charge on any atom is -0.342 e. The van der Waals surface area contributed by atoms with Gasteiger partial charge in [-0.25, -0.2) is 0 Å². The minimum atomic E-state index is 0.270. The molecule has 2 nitrogen and oxygen atoms in total. The normalized spacial score (nSPS) is 19.2. The molecule has 4 heteroatoms. The Morgan fingerprint density at radius 3 is 2.76 bits per heavy atom. The lowest BCUT2D eigenvalue weighted by Gasteiger charge is -2.20. The van der Waals surface area contributed by atoms with Crippen LogP contribution in [0, 0.1) is 0 Å². The van der Waals surface area contributed by atoms with Crippen LogP contribution in [0.15, 0.2) is 47.8 Å². The summed E-state index contributed by atoms with van der Waals surface area (Å²) in [5.74, 6) is 1.29. The van der Waals surface area contributed by atoms with Gasteiger partial charge in [-0.3, -0.25) is 4.79 Å². The maximum Gasteiger partial charge on any atom is 0.227 e. The van der Waals surface area contributed by atoms with Crippen LogP contribution in [-0.2, 0) is 11.2 Å². The van der Waals surface area contributed by atoms with Gasteiger partial charge in [0.2, 0.25) is 5.91 Å². The van der Waals surface area contributed by atoms with Crippen molar-refractivity contribution in [2.75, 3.05) is 18.8 Å². The fraction of sp³-hybridized carbons (Fsp3) is 0.353. The van der Waals surface area contributed by atoms with Gasteiger partial charge in [-0.15, -0.1) is 11.3 Å². The van der Waals surface area contributed by atoms with E-state index >= 15 is 0 Å².